The van der Waals surface area contributed by atoms with Gasteiger partial charge in [-0.15, -0.1) is 5.10 Å². The molecule has 1 heterocycles. The van der Waals surface area contributed by atoms with Gasteiger partial charge in [0.15, 0.2) is 0 Å². The van der Waals surface area contributed by atoms with Crippen molar-refractivity contribution in [2.45, 2.75) is 26.3 Å². The molecule has 0 bridgehead atoms. The summed E-state index contributed by atoms with van der Waals surface area (Å²) in [7, 11) is 1.71. The number of nitrogens with one attached hydrogen (secondary N) is 2. The number of methoxy groups -OCH3 is 1. The lowest BCUT2D eigenvalue weighted by Crippen LogP contribution is -2.11. The molecule has 0 saturated carbocycles. The zero-order valence-corrected chi connectivity index (χ0v) is 9.95. The Hall–Kier alpha value is -1.14. The Labute approximate surface area is 95.8 Å². The van der Waals surface area contributed by atoms with E-state index in [2.05, 4.69) is 20.8 Å². The molecule has 1 aromatic heterocycles. The van der Waals surface area contributed by atoms with E-state index in [9.17, 15) is 0 Å². The monoisotopic (exact) mass is 228 g/mol. The van der Waals surface area contributed by atoms with Gasteiger partial charge in [0.1, 0.15) is 0 Å². The van der Waals surface area contributed by atoms with Crippen LogP contribution in [0.2, 0.25) is 0 Å². The predicted octanol–water partition coefficient (Wildman–Crippen LogP) is 1.02. The summed E-state index contributed by atoms with van der Waals surface area (Å²) in [4.78, 5) is 0. The fourth-order valence-corrected chi connectivity index (χ4v) is 1.20. The minimum Gasteiger partial charge on any atom is -0.407 e. The maximum absolute atomic E-state index is 5.37. The van der Waals surface area contributed by atoms with Crippen molar-refractivity contribution < 1.29 is 9.15 Å². The van der Waals surface area contributed by atoms with Gasteiger partial charge < -0.3 is 19.8 Å². The second-order valence-corrected chi connectivity index (χ2v) is 3.41. The van der Waals surface area contributed by atoms with E-state index in [0.717, 1.165) is 32.5 Å². The van der Waals surface area contributed by atoms with Crippen LogP contribution in [0.3, 0.4) is 0 Å². The van der Waals surface area contributed by atoms with E-state index < -0.39 is 0 Å². The average molecular weight is 228 g/mol. The molecule has 0 radical (unpaired) electrons. The van der Waals surface area contributed by atoms with Gasteiger partial charge in [-0.05, 0) is 19.4 Å². The fraction of sp³-hybridized carbons (Fsp3) is 0.800. The Morgan fingerprint density at radius 3 is 2.94 bits per heavy atom. The van der Waals surface area contributed by atoms with Crippen molar-refractivity contribution >= 4 is 6.01 Å². The second-order valence-electron chi connectivity index (χ2n) is 3.41. The molecule has 0 aliphatic heterocycles. The van der Waals surface area contributed by atoms with Crippen molar-refractivity contribution in [2.24, 2.45) is 0 Å². The van der Waals surface area contributed by atoms with Crippen LogP contribution in [0.25, 0.3) is 0 Å². The van der Waals surface area contributed by atoms with Crippen LogP contribution in [0.15, 0.2) is 4.42 Å². The first-order valence-electron chi connectivity index (χ1n) is 5.62. The highest BCUT2D eigenvalue weighted by molar-refractivity contribution is 5.16. The summed E-state index contributed by atoms with van der Waals surface area (Å²) in [6, 6.07) is 0.491. The number of ether oxygens (including phenoxy) is 1. The highest BCUT2D eigenvalue weighted by atomic mass is 16.5. The second kappa shape index (κ2) is 8.06. The first-order chi connectivity index (χ1) is 7.86. The molecule has 2 N–H and O–H groups in total. The third kappa shape index (κ3) is 5.09. The molecule has 1 rings (SSSR count). The van der Waals surface area contributed by atoms with Crippen LogP contribution in [-0.2, 0) is 11.3 Å². The highest BCUT2D eigenvalue weighted by Crippen LogP contribution is 2.05. The van der Waals surface area contributed by atoms with Crippen molar-refractivity contribution in [1.82, 2.24) is 15.5 Å². The van der Waals surface area contributed by atoms with Gasteiger partial charge in [0.2, 0.25) is 5.89 Å². The molecule has 0 atom stereocenters. The number of hydrogen-bond acceptors (Lipinski definition) is 6. The molecule has 92 valence electrons. The van der Waals surface area contributed by atoms with Gasteiger partial charge in [0, 0.05) is 20.3 Å². The van der Waals surface area contributed by atoms with Gasteiger partial charge in [0.05, 0.1) is 6.54 Å². The first-order valence-corrected chi connectivity index (χ1v) is 5.62. The predicted molar refractivity (Wildman–Crippen MR) is 61.3 cm³/mol. The summed E-state index contributed by atoms with van der Waals surface area (Å²) < 4.78 is 10.3. The lowest BCUT2D eigenvalue weighted by Gasteiger charge is -2.00. The van der Waals surface area contributed by atoms with Crippen molar-refractivity contribution in [3.05, 3.63) is 5.89 Å². The van der Waals surface area contributed by atoms with E-state index in [1.165, 1.54) is 0 Å². The number of hydrogen-bond donors (Lipinski definition) is 2. The fourth-order valence-electron chi connectivity index (χ4n) is 1.20. The number of nitrogens with zero attached hydrogens (tertiary/aromatic N) is 2. The zero-order valence-electron chi connectivity index (χ0n) is 9.95. The summed E-state index contributed by atoms with van der Waals surface area (Å²) in [5.74, 6) is 0.612. The SMILES string of the molecule is CCNCc1nnc(NCCCCOC)o1. The molecular formula is C10H20N4O2. The van der Waals surface area contributed by atoms with Crippen molar-refractivity contribution in [2.75, 3.05) is 32.1 Å². The number of unbranched alkanes of at least 4 members (excludes halogenated alkanes) is 1. The minimum absolute atomic E-state index is 0.491. The van der Waals surface area contributed by atoms with E-state index in [1.54, 1.807) is 7.11 Å². The normalized spacial score (nSPS) is 10.6. The van der Waals surface area contributed by atoms with Crippen LogP contribution in [0, 0.1) is 0 Å². The quantitative estimate of drug-likeness (QED) is 0.615. The molecule has 0 aliphatic carbocycles. The molecule has 1 aromatic rings. The van der Waals surface area contributed by atoms with E-state index in [4.69, 9.17) is 9.15 Å². The minimum atomic E-state index is 0.491. The molecule has 16 heavy (non-hydrogen) atoms. The van der Waals surface area contributed by atoms with Crippen molar-refractivity contribution in [1.29, 1.82) is 0 Å². The maximum atomic E-state index is 5.37. The molecule has 6 nitrogen and oxygen atoms in total. The lowest BCUT2D eigenvalue weighted by atomic mass is 10.3. The summed E-state index contributed by atoms with van der Waals surface area (Å²) in [5, 5.41) is 14.0. The highest BCUT2D eigenvalue weighted by Gasteiger charge is 2.03. The summed E-state index contributed by atoms with van der Waals surface area (Å²) in [6.07, 6.45) is 2.06. The van der Waals surface area contributed by atoms with Crippen LogP contribution >= 0.6 is 0 Å². The summed E-state index contributed by atoms with van der Waals surface area (Å²) in [5.41, 5.74) is 0. The van der Waals surface area contributed by atoms with Crippen molar-refractivity contribution in [3.8, 4) is 0 Å². The largest absolute Gasteiger partial charge is 0.407 e. The number of anilines is 1. The van der Waals surface area contributed by atoms with Gasteiger partial charge in [-0.2, -0.15) is 0 Å². The number of aromatic nitrogens is 2. The summed E-state index contributed by atoms with van der Waals surface area (Å²) in [6.45, 7) is 5.16. The van der Waals surface area contributed by atoms with Gasteiger partial charge >= 0.3 is 6.01 Å². The third-order valence-corrected chi connectivity index (χ3v) is 2.04. The smallest absolute Gasteiger partial charge is 0.315 e. The van der Waals surface area contributed by atoms with Gasteiger partial charge in [-0.25, -0.2) is 0 Å². The lowest BCUT2D eigenvalue weighted by molar-refractivity contribution is 0.193. The van der Waals surface area contributed by atoms with Crippen LogP contribution in [-0.4, -0.2) is 37.0 Å². The Morgan fingerprint density at radius 1 is 1.31 bits per heavy atom. The Morgan fingerprint density at radius 2 is 2.19 bits per heavy atom. The van der Waals surface area contributed by atoms with Crippen molar-refractivity contribution in [3.63, 3.8) is 0 Å². The molecule has 0 aliphatic rings. The molecule has 0 spiro atoms. The third-order valence-electron chi connectivity index (χ3n) is 2.04. The molecule has 0 unspecified atom stereocenters. The summed E-state index contributed by atoms with van der Waals surface area (Å²) >= 11 is 0. The molecular weight excluding hydrogens is 208 g/mol. The van der Waals surface area contributed by atoms with E-state index in [0.29, 0.717) is 18.5 Å². The van der Waals surface area contributed by atoms with Gasteiger partial charge in [-0.1, -0.05) is 12.0 Å². The van der Waals surface area contributed by atoms with Gasteiger partial charge in [-0.3, -0.25) is 0 Å². The Kier molecular flexibility index (Phi) is 6.52. The van der Waals surface area contributed by atoms with E-state index in [1.807, 2.05) is 6.92 Å². The average Bonchev–Trinajstić information content (AvgIpc) is 2.74. The van der Waals surface area contributed by atoms with Crippen LogP contribution < -0.4 is 10.6 Å². The van der Waals surface area contributed by atoms with Crippen LogP contribution in [0.1, 0.15) is 25.7 Å². The Balaban J connectivity index is 2.14. The molecule has 0 saturated heterocycles. The zero-order chi connectivity index (χ0) is 11.6. The maximum Gasteiger partial charge on any atom is 0.315 e. The van der Waals surface area contributed by atoms with Crippen LogP contribution in [0.5, 0.6) is 0 Å². The standard InChI is InChI=1S/C10H20N4O2/c1-3-11-8-9-13-14-10(16-9)12-6-4-5-7-15-2/h11H,3-8H2,1-2H3,(H,12,14). The molecule has 0 aromatic carbocycles. The molecule has 0 amide bonds. The van der Waals surface area contributed by atoms with Crippen LogP contribution in [0.4, 0.5) is 6.01 Å². The van der Waals surface area contributed by atoms with E-state index >= 15 is 0 Å². The molecule has 6 heteroatoms. The van der Waals surface area contributed by atoms with Gasteiger partial charge in [0.25, 0.3) is 0 Å². The first kappa shape index (κ1) is 12.9. The Bertz CT molecular complexity index is 278. The topological polar surface area (TPSA) is 72.2 Å². The van der Waals surface area contributed by atoms with E-state index in [-0.39, 0.29) is 0 Å². The molecule has 0 fully saturated rings. The number of rotatable bonds is 9.